The summed E-state index contributed by atoms with van der Waals surface area (Å²) >= 11 is 6.91. The number of anilines is 2. The second-order valence-electron chi connectivity index (χ2n) is 6.17. The van der Waals surface area contributed by atoms with Crippen molar-refractivity contribution < 1.29 is 13.9 Å². The van der Waals surface area contributed by atoms with Gasteiger partial charge in [0.25, 0.3) is 0 Å². The Labute approximate surface area is 162 Å². The quantitative estimate of drug-likeness (QED) is 0.754. The molecule has 0 aromatic heterocycles. The summed E-state index contributed by atoms with van der Waals surface area (Å²) < 4.78 is 20.0. The molecule has 1 aromatic rings. The van der Waals surface area contributed by atoms with E-state index in [1.165, 1.54) is 11.0 Å². The Balaban J connectivity index is 1.66. The van der Waals surface area contributed by atoms with Crippen LogP contribution in [0, 0.1) is 5.82 Å². The first-order chi connectivity index (χ1) is 12.6. The fraction of sp³-hybridized carbons (Fsp3) is 0.529. The molecular formula is C17H23FN4O2S2. The molecular weight excluding hydrogens is 375 g/mol. The summed E-state index contributed by atoms with van der Waals surface area (Å²) in [7, 11) is 1.72. The van der Waals surface area contributed by atoms with Gasteiger partial charge in [0.2, 0.25) is 0 Å². The first-order valence-corrected chi connectivity index (χ1v) is 10.2. The van der Waals surface area contributed by atoms with Gasteiger partial charge in [0.1, 0.15) is 11.9 Å². The third-order valence-electron chi connectivity index (χ3n) is 4.40. The average molecular weight is 399 g/mol. The lowest BCUT2D eigenvalue weighted by Crippen LogP contribution is -2.39. The van der Waals surface area contributed by atoms with Gasteiger partial charge in [0.15, 0.2) is 5.11 Å². The van der Waals surface area contributed by atoms with Crippen molar-refractivity contribution in [1.29, 1.82) is 0 Å². The number of nitrogens with one attached hydrogen (secondary N) is 2. The summed E-state index contributed by atoms with van der Waals surface area (Å²) in [5.41, 5.74) is 1.11. The third-order valence-corrected chi connectivity index (χ3v) is 5.79. The highest BCUT2D eigenvalue weighted by molar-refractivity contribution is 7.99. The van der Waals surface area contributed by atoms with Gasteiger partial charge in [-0.2, -0.15) is 11.8 Å². The maximum Gasteiger partial charge on any atom is 0.414 e. The lowest BCUT2D eigenvalue weighted by Gasteiger charge is -2.24. The number of hydrogen-bond donors (Lipinski definition) is 2. The topological polar surface area (TPSA) is 56.8 Å². The van der Waals surface area contributed by atoms with E-state index < -0.39 is 6.09 Å². The van der Waals surface area contributed by atoms with Gasteiger partial charge in [0, 0.05) is 25.9 Å². The van der Waals surface area contributed by atoms with Crippen LogP contribution in [0.4, 0.5) is 20.6 Å². The minimum absolute atomic E-state index is 0.305. The van der Waals surface area contributed by atoms with Gasteiger partial charge < -0.3 is 20.3 Å². The molecule has 142 valence electrons. The molecule has 2 N–H and O–H groups in total. The van der Waals surface area contributed by atoms with Crippen LogP contribution in [0.5, 0.6) is 0 Å². The number of thioether (sulfide) groups is 1. The van der Waals surface area contributed by atoms with Crippen molar-refractivity contribution in [3.63, 3.8) is 0 Å². The second-order valence-corrected chi connectivity index (χ2v) is 7.80. The molecule has 0 radical (unpaired) electrons. The van der Waals surface area contributed by atoms with Crippen LogP contribution in [0.25, 0.3) is 0 Å². The fourth-order valence-electron chi connectivity index (χ4n) is 3.04. The van der Waals surface area contributed by atoms with Gasteiger partial charge in [0.05, 0.1) is 24.5 Å². The molecule has 9 heteroatoms. The fourth-order valence-corrected chi connectivity index (χ4v) is 4.01. The minimum atomic E-state index is -0.467. The number of carbonyl (C=O) groups is 1. The highest BCUT2D eigenvalue weighted by Crippen LogP contribution is 2.29. The molecule has 0 bridgehead atoms. The van der Waals surface area contributed by atoms with Gasteiger partial charge in [-0.05, 0) is 42.6 Å². The van der Waals surface area contributed by atoms with E-state index in [1.807, 2.05) is 11.8 Å². The summed E-state index contributed by atoms with van der Waals surface area (Å²) in [4.78, 5) is 15.7. The van der Waals surface area contributed by atoms with Gasteiger partial charge in [-0.15, -0.1) is 0 Å². The molecule has 6 nitrogen and oxygen atoms in total. The smallest absolute Gasteiger partial charge is 0.414 e. The summed E-state index contributed by atoms with van der Waals surface area (Å²) in [5, 5.41) is 6.26. The molecule has 2 saturated heterocycles. The van der Waals surface area contributed by atoms with Crippen molar-refractivity contribution in [2.75, 3.05) is 54.5 Å². The van der Waals surface area contributed by atoms with Crippen LogP contribution >= 0.6 is 24.0 Å². The Morgan fingerprint density at radius 2 is 2.27 bits per heavy atom. The second kappa shape index (κ2) is 8.77. The van der Waals surface area contributed by atoms with Gasteiger partial charge in [-0.3, -0.25) is 4.90 Å². The van der Waals surface area contributed by atoms with Crippen LogP contribution in [0.2, 0.25) is 0 Å². The van der Waals surface area contributed by atoms with Crippen molar-refractivity contribution in [1.82, 2.24) is 10.6 Å². The van der Waals surface area contributed by atoms with Crippen LogP contribution in [-0.4, -0.2) is 62.0 Å². The number of halogens is 1. The predicted octanol–water partition coefficient (Wildman–Crippen LogP) is 2.19. The molecule has 1 unspecified atom stereocenters. The van der Waals surface area contributed by atoms with Crippen molar-refractivity contribution >= 4 is 46.6 Å². The Kier molecular flexibility index (Phi) is 6.42. The average Bonchev–Trinajstić information content (AvgIpc) is 2.83. The normalized spacial score (nSPS) is 20.5. The lowest BCUT2D eigenvalue weighted by molar-refractivity contribution is 0.143. The molecule has 2 aliphatic heterocycles. The highest BCUT2D eigenvalue weighted by Gasteiger charge is 2.32. The molecule has 3 rings (SSSR count). The molecule has 2 aliphatic rings. The molecule has 1 amide bonds. The van der Waals surface area contributed by atoms with Crippen molar-refractivity contribution in [3.05, 3.63) is 24.0 Å². The molecule has 26 heavy (non-hydrogen) atoms. The van der Waals surface area contributed by atoms with Crippen molar-refractivity contribution in [2.24, 2.45) is 0 Å². The van der Waals surface area contributed by atoms with Crippen LogP contribution in [0.15, 0.2) is 18.2 Å². The minimum Gasteiger partial charge on any atom is -0.442 e. The lowest BCUT2D eigenvalue weighted by atomic mass is 10.2. The Hall–Kier alpha value is -1.74. The summed E-state index contributed by atoms with van der Waals surface area (Å²) in [6, 6.07) is 4.96. The van der Waals surface area contributed by atoms with Crippen molar-refractivity contribution in [3.8, 4) is 0 Å². The Bertz CT molecular complexity index is 668. The van der Waals surface area contributed by atoms with E-state index in [0.29, 0.717) is 29.6 Å². The number of ether oxygens (including phenoxy) is 1. The number of hydrogen-bond acceptors (Lipinski definition) is 5. The highest BCUT2D eigenvalue weighted by atomic mass is 32.2. The predicted molar refractivity (Wildman–Crippen MR) is 108 cm³/mol. The van der Waals surface area contributed by atoms with Crippen LogP contribution in [0.3, 0.4) is 0 Å². The van der Waals surface area contributed by atoms with E-state index in [0.717, 1.165) is 31.0 Å². The molecule has 1 atom stereocenters. The maximum absolute atomic E-state index is 14.7. The number of thiocarbonyl (C=S) groups is 1. The van der Waals surface area contributed by atoms with Crippen molar-refractivity contribution in [2.45, 2.75) is 12.5 Å². The van der Waals surface area contributed by atoms with E-state index in [1.54, 1.807) is 19.2 Å². The SMILES string of the molecule is CNC(=S)NCC1CN(c2ccc(N3CCCSCC3)c(F)c2)C(=O)O1. The van der Waals surface area contributed by atoms with E-state index in [-0.39, 0.29) is 11.9 Å². The monoisotopic (exact) mass is 398 g/mol. The van der Waals surface area contributed by atoms with E-state index in [9.17, 15) is 9.18 Å². The number of benzene rings is 1. The standard InChI is InChI=1S/C17H23FN4O2S2/c1-19-16(25)20-10-13-11-22(17(23)24-13)12-3-4-15(14(18)9-12)21-5-2-7-26-8-6-21/h3-4,9,13H,2,5-8,10-11H2,1H3,(H2,19,20,25). The Morgan fingerprint density at radius 3 is 3.04 bits per heavy atom. The maximum atomic E-state index is 14.7. The number of carbonyl (C=O) groups excluding carboxylic acids is 1. The number of rotatable bonds is 4. The molecule has 0 saturated carbocycles. The zero-order valence-electron chi connectivity index (χ0n) is 14.7. The zero-order valence-corrected chi connectivity index (χ0v) is 16.3. The van der Waals surface area contributed by atoms with Crippen LogP contribution in [-0.2, 0) is 4.74 Å². The molecule has 0 aliphatic carbocycles. The first kappa shape index (κ1) is 19.0. The van der Waals surface area contributed by atoms with E-state index >= 15 is 0 Å². The summed E-state index contributed by atoms with van der Waals surface area (Å²) in [6.07, 6.45) is 0.248. The summed E-state index contributed by atoms with van der Waals surface area (Å²) in [6.45, 7) is 2.46. The summed E-state index contributed by atoms with van der Waals surface area (Å²) in [5.74, 6) is 1.81. The number of cyclic esters (lactones) is 1. The number of nitrogens with zero attached hydrogens (tertiary/aromatic N) is 2. The van der Waals surface area contributed by atoms with Gasteiger partial charge >= 0.3 is 6.09 Å². The van der Waals surface area contributed by atoms with Gasteiger partial charge in [-0.1, -0.05) is 0 Å². The third kappa shape index (κ3) is 4.50. The molecule has 1 aromatic carbocycles. The van der Waals surface area contributed by atoms with Crippen LogP contribution in [0.1, 0.15) is 6.42 Å². The molecule has 2 heterocycles. The van der Waals surface area contributed by atoms with Gasteiger partial charge in [-0.25, -0.2) is 9.18 Å². The van der Waals surface area contributed by atoms with Crippen LogP contribution < -0.4 is 20.4 Å². The largest absolute Gasteiger partial charge is 0.442 e. The molecule has 0 spiro atoms. The first-order valence-electron chi connectivity index (χ1n) is 8.64. The van der Waals surface area contributed by atoms with E-state index in [2.05, 4.69) is 15.5 Å². The number of amides is 1. The zero-order chi connectivity index (χ0) is 18.5. The Morgan fingerprint density at radius 1 is 1.42 bits per heavy atom. The van der Waals surface area contributed by atoms with E-state index in [4.69, 9.17) is 17.0 Å². The molecule has 2 fully saturated rings.